The minimum absolute atomic E-state index is 0.0677. The predicted octanol–water partition coefficient (Wildman–Crippen LogP) is 3.65. The molecule has 0 heterocycles. The van der Waals surface area contributed by atoms with E-state index in [9.17, 15) is 13.6 Å². The van der Waals surface area contributed by atoms with Crippen LogP contribution in [0.2, 0.25) is 0 Å². The number of carbonyl (C=O) groups is 1. The second-order valence-electron chi connectivity index (χ2n) is 5.23. The normalized spacial score (nSPS) is 13.4. The van der Waals surface area contributed by atoms with E-state index in [1.165, 1.54) is 6.07 Å². The van der Waals surface area contributed by atoms with Crippen LogP contribution in [-0.2, 0) is 10.3 Å². The van der Waals surface area contributed by atoms with Crippen LogP contribution in [0.5, 0.6) is 0 Å². The van der Waals surface area contributed by atoms with Crippen molar-refractivity contribution in [2.45, 2.75) is 18.9 Å². The third-order valence-corrected chi connectivity index (χ3v) is 3.98. The maximum Gasteiger partial charge on any atom is 0.251 e. The quantitative estimate of drug-likeness (QED) is 0.882. The Morgan fingerprint density at radius 1 is 1.13 bits per heavy atom. The summed E-state index contributed by atoms with van der Waals surface area (Å²) in [7, 11) is 1.58. The van der Waals surface area contributed by atoms with Gasteiger partial charge in [0.15, 0.2) is 11.6 Å². The highest BCUT2D eigenvalue weighted by atomic mass is 19.2. The third-order valence-electron chi connectivity index (χ3n) is 3.98. The number of rotatable bonds is 6. The Morgan fingerprint density at radius 3 is 2.39 bits per heavy atom. The number of nitrogens with one attached hydrogen (secondary N) is 1. The van der Waals surface area contributed by atoms with Gasteiger partial charge >= 0.3 is 0 Å². The van der Waals surface area contributed by atoms with E-state index in [2.05, 4.69) is 5.32 Å². The molecular weight excluding hydrogens is 300 g/mol. The fraction of sp³-hybridized carbons (Fsp3) is 0.278. The summed E-state index contributed by atoms with van der Waals surface area (Å²) in [6.45, 7) is 2.18. The molecule has 0 bridgehead atoms. The average molecular weight is 319 g/mol. The average Bonchev–Trinajstić information content (AvgIpc) is 2.59. The summed E-state index contributed by atoms with van der Waals surface area (Å²) < 4.78 is 31.8. The van der Waals surface area contributed by atoms with E-state index in [1.807, 2.05) is 37.3 Å². The van der Waals surface area contributed by atoms with Crippen molar-refractivity contribution in [3.8, 4) is 0 Å². The zero-order chi connectivity index (χ0) is 16.9. The predicted molar refractivity (Wildman–Crippen MR) is 84.1 cm³/mol. The minimum atomic E-state index is -1.05. The third kappa shape index (κ3) is 3.74. The number of benzene rings is 2. The van der Waals surface area contributed by atoms with Crippen LogP contribution >= 0.6 is 0 Å². The zero-order valence-electron chi connectivity index (χ0n) is 13.1. The van der Waals surface area contributed by atoms with E-state index in [0.717, 1.165) is 17.7 Å². The summed E-state index contributed by atoms with van der Waals surface area (Å²) in [6, 6.07) is 12.6. The van der Waals surface area contributed by atoms with Crippen molar-refractivity contribution in [2.75, 3.05) is 13.7 Å². The molecule has 23 heavy (non-hydrogen) atoms. The van der Waals surface area contributed by atoms with E-state index < -0.39 is 23.1 Å². The molecule has 3 nitrogen and oxygen atoms in total. The lowest BCUT2D eigenvalue weighted by Gasteiger charge is -2.32. The Balaban J connectivity index is 2.15. The summed E-state index contributed by atoms with van der Waals surface area (Å²) in [5, 5.41) is 2.73. The molecule has 0 saturated heterocycles. The number of hydrogen-bond donors (Lipinski definition) is 1. The number of amides is 1. The molecule has 0 aromatic heterocycles. The van der Waals surface area contributed by atoms with Gasteiger partial charge in [-0.2, -0.15) is 0 Å². The molecule has 0 aliphatic rings. The van der Waals surface area contributed by atoms with Gasteiger partial charge in [-0.25, -0.2) is 8.78 Å². The van der Waals surface area contributed by atoms with Crippen LogP contribution in [0, 0.1) is 11.6 Å². The van der Waals surface area contributed by atoms with Crippen LogP contribution in [-0.4, -0.2) is 19.6 Å². The SMILES string of the molecule is CCC(CNC(=O)c1ccc(F)c(F)c1)(OC)c1ccccc1. The Kier molecular flexibility index (Phi) is 5.45. The number of carbonyl (C=O) groups excluding carboxylic acids is 1. The van der Waals surface area contributed by atoms with Crippen LogP contribution in [0.15, 0.2) is 48.5 Å². The largest absolute Gasteiger partial charge is 0.372 e. The topological polar surface area (TPSA) is 38.3 Å². The maximum atomic E-state index is 13.2. The van der Waals surface area contributed by atoms with Gasteiger partial charge in [-0.1, -0.05) is 37.3 Å². The van der Waals surface area contributed by atoms with Crippen LogP contribution in [0.1, 0.15) is 29.3 Å². The number of halogens is 2. The molecule has 1 amide bonds. The van der Waals surface area contributed by atoms with E-state index >= 15 is 0 Å². The number of ether oxygens (including phenoxy) is 1. The molecule has 1 unspecified atom stereocenters. The molecular formula is C18H19F2NO2. The first-order chi connectivity index (χ1) is 11.0. The lowest BCUT2D eigenvalue weighted by Crippen LogP contribution is -2.42. The van der Waals surface area contributed by atoms with Gasteiger partial charge in [-0.15, -0.1) is 0 Å². The van der Waals surface area contributed by atoms with Gasteiger partial charge in [0.25, 0.3) is 5.91 Å². The summed E-state index contributed by atoms with van der Waals surface area (Å²) >= 11 is 0. The molecule has 0 radical (unpaired) electrons. The molecule has 0 fully saturated rings. The molecule has 2 aromatic carbocycles. The van der Waals surface area contributed by atoms with E-state index in [-0.39, 0.29) is 12.1 Å². The summed E-state index contributed by atoms with van der Waals surface area (Å²) in [4.78, 5) is 12.2. The van der Waals surface area contributed by atoms with Crippen molar-refractivity contribution >= 4 is 5.91 Å². The van der Waals surface area contributed by atoms with Crippen molar-refractivity contribution in [2.24, 2.45) is 0 Å². The molecule has 2 rings (SSSR count). The summed E-state index contributed by atoms with van der Waals surface area (Å²) in [6.07, 6.45) is 0.644. The van der Waals surface area contributed by atoms with Crippen molar-refractivity contribution in [3.05, 3.63) is 71.3 Å². The summed E-state index contributed by atoms with van der Waals surface area (Å²) in [5.74, 6) is -2.51. The molecule has 5 heteroatoms. The molecule has 122 valence electrons. The molecule has 2 aromatic rings. The van der Waals surface area contributed by atoms with Gasteiger partial charge < -0.3 is 10.1 Å². The van der Waals surface area contributed by atoms with Crippen LogP contribution in [0.3, 0.4) is 0 Å². The van der Waals surface area contributed by atoms with E-state index in [4.69, 9.17) is 4.74 Å². The van der Waals surface area contributed by atoms with Crippen LogP contribution in [0.25, 0.3) is 0 Å². The molecule has 0 aliphatic heterocycles. The Morgan fingerprint density at radius 2 is 1.83 bits per heavy atom. The highest BCUT2D eigenvalue weighted by Gasteiger charge is 2.30. The van der Waals surface area contributed by atoms with Crippen molar-refractivity contribution < 1.29 is 18.3 Å². The molecule has 0 saturated carbocycles. The fourth-order valence-electron chi connectivity index (χ4n) is 2.47. The lowest BCUT2D eigenvalue weighted by atomic mass is 9.90. The first-order valence-electron chi connectivity index (χ1n) is 7.36. The standard InChI is InChI=1S/C18H19F2NO2/c1-3-18(23-2,14-7-5-4-6-8-14)12-21-17(22)13-9-10-15(19)16(20)11-13/h4-11H,3,12H2,1-2H3,(H,21,22). The second kappa shape index (κ2) is 7.33. The molecule has 1 N–H and O–H groups in total. The van der Waals surface area contributed by atoms with Crippen LogP contribution in [0.4, 0.5) is 8.78 Å². The lowest BCUT2D eigenvalue weighted by molar-refractivity contribution is -0.0164. The van der Waals surface area contributed by atoms with Gasteiger partial charge in [-0.3, -0.25) is 4.79 Å². The van der Waals surface area contributed by atoms with Gasteiger partial charge in [0, 0.05) is 12.7 Å². The Labute approximate surface area is 134 Å². The molecule has 1 atom stereocenters. The Hall–Kier alpha value is -2.27. The van der Waals surface area contributed by atoms with E-state index in [1.54, 1.807) is 7.11 Å². The smallest absolute Gasteiger partial charge is 0.251 e. The van der Waals surface area contributed by atoms with Gasteiger partial charge in [0.05, 0.1) is 6.54 Å². The van der Waals surface area contributed by atoms with Crippen molar-refractivity contribution in [1.29, 1.82) is 0 Å². The Bertz CT molecular complexity index is 670. The molecule has 0 spiro atoms. The highest BCUT2D eigenvalue weighted by Crippen LogP contribution is 2.28. The maximum absolute atomic E-state index is 13.2. The monoisotopic (exact) mass is 319 g/mol. The van der Waals surface area contributed by atoms with Crippen molar-refractivity contribution in [1.82, 2.24) is 5.32 Å². The first-order valence-corrected chi connectivity index (χ1v) is 7.36. The second-order valence-corrected chi connectivity index (χ2v) is 5.23. The van der Waals surface area contributed by atoms with Crippen molar-refractivity contribution in [3.63, 3.8) is 0 Å². The fourth-order valence-corrected chi connectivity index (χ4v) is 2.47. The van der Waals surface area contributed by atoms with Crippen LogP contribution < -0.4 is 5.32 Å². The molecule has 0 aliphatic carbocycles. The number of methoxy groups -OCH3 is 1. The highest BCUT2D eigenvalue weighted by molar-refractivity contribution is 5.94. The summed E-state index contributed by atoms with van der Waals surface area (Å²) in [5.41, 5.74) is 0.337. The van der Waals surface area contributed by atoms with Gasteiger partial charge in [0.2, 0.25) is 0 Å². The number of hydrogen-bond acceptors (Lipinski definition) is 2. The van der Waals surface area contributed by atoms with E-state index in [0.29, 0.717) is 6.42 Å². The van der Waals surface area contributed by atoms with Gasteiger partial charge in [0.1, 0.15) is 5.60 Å². The zero-order valence-corrected chi connectivity index (χ0v) is 13.1. The minimum Gasteiger partial charge on any atom is -0.372 e. The first kappa shape index (κ1) is 17.1. The van der Waals surface area contributed by atoms with Gasteiger partial charge in [-0.05, 0) is 30.2 Å².